The van der Waals surface area contributed by atoms with E-state index in [0.29, 0.717) is 17.3 Å². The van der Waals surface area contributed by atoms with Gasteiger partial charge in [-0.25, -0.2) is 0 Å². The molecule has 2 aromatic rings. The van der Waals surface area contributed by atoms with Crippen LogP contribution in [-0.4, -0.2) is 15.6 Å². The van der Waals surface area contributed by atoms with Gasteiger partial charge in [-0.05, 0) is 44.5 Å². The van der Waals surface area contributed by atoms with Crippen LogP contribution in [0.25, 0.3) is 0 Å². The molecule has 20 heavy (non-hydrogen) atoms. The highest BCUT2D eigenvalue weighted by molar-refractivity contribution is 6.30. The van der Waals surface area contributed by atoms with Gasteiger partial charge in [-0.1, -0.05) is 11.6 Å². The number of ether oxygens (including phenoxy) is 1. The number of ketones is 1. The van der Waals surface area contributed by atoms with Crippen LogP contribution < -0.4 is 4.74 Å². The van der Waals surface area contributed by atoms with E-state index in [2.05, 4.69) is 5.10 Å². The second-order valence-electron chi connectivity index (χ2n) is 4.80. The van der Waals surface area contributed by atoms with Gasteiger partial charge in [-0.3, -0.25) is 9.48 Å². The van der Waals surface area contributed by atoms with Crippen LogP contribution in [0.2, 0.25) is 5.15 Å². The van der Waals surface area contributed by atoms with E-state index >= 15 is 0 Å². The van der Waals surface area contributed by atoms with Gasteiger partial charge in [-0.2, -0.15) is 5.10 Å². The Morgan fingerprint density at radius 3 is 2.60 bits per heavy atom. The Kier molecular flexibility index (Phi) is 4.14. The number of Topliss-reactive ketones (excluding diaryl/α,β-unsaturated/α-hetero) is 1. The minimum Gasteiger partial charge on any atom is -0.488 e. The number of aryl methyl sites for hydroxylation is 3. The van der Waals surface area contributed by atoms with Gasteiger partial charge in [0.15, 0.2) is 5.78 Å². The Bertz CT molecular complexity index is 662. The summed E-state index contributed by atoms with van der Waals surface area (Å²) in [6.45, 7) is 5.72. The molecule has 0 unspecified atom stereocenters. The van der Waals surface area contributed by atoms with Crippen molar-refractivity contribution in [3.63, 3.8) is 0 Å². The first-order chi connectivity index (χ1) is 9.40. The van der Waals surface area contributed by atoms with Gasteiger partial charge in [0, 0.05) is 18.2 Å². The van der Waals surface area contributed by atoms with Crippen LogP contribution in [-0.2, 0) is 13.7 Å². The highest BCUT2D eigenvalue weighted by Crippen LogP contribution is 2.24. The zero-order chi connectivity index (χ0) is 14.9. The van der Waals surface area contributed by atoms with Gasteiger partial charge in [0.1, 0.15) is 17.5 Å². The van der Waals surface area contributed by atoms with Crippen molar-refractivity contribution in [2.45, 2.75) is 27.4 Å². The summed E-state index contributed by atoms with van der Waals surface area (Å²) in [6, 6.07) is 5.41. The quantitative estimate of drug-likeness (QED) is 0.811. The normalized spacial score (nSPS) is 10.7. The number of hydrogen-bond acceptors (Lipinski definition) is 3. The molecule has 0 aliphatic heterocycles. The number of aromatic nitrogens is 2. The number of rotatable bonds is 4. The highest BCUT2D eigenvalue weighted by Gasteiger charge is 2.12. The topological polar surface area (TPSA) is 44.1 Å². The zero-order valence-electron chi connectivity index (χ0n) is 12.0. The maximum atomic E-state index is 11.3. The summed E-state index contributed by atoms with van der Waals surface area (Å²) in [5.41, 5.74) is 3.35. The van der Waals surface area contributed by atoms with Crippen molar-refractivity contribution < 1.29 is 9.53 Å². The lowest BCUT2D eigenvalue weighted by molar-refractivity contribution is 0.101. The van der Waals surface area contributed by atoms with E-state index in [1.54, 1.807) is 24.7 Å². The van der Waals surface area contributed by atoms with Crippen LogP contribution in [0.1, 0.15) is 34.1 Å². The van der Waals surface area contributed by atoms with Crippen molar-refractivity contribution >= 4 is 17.4 Å². The van der Waals surface area contributed by atoms with Gasteiger partial charge < -0.3 is 4.74 Å². The minimum absolute atomic E-state index is 0.0470. The molecule has 0 atom stereocenters. The molecule has 1 aromatic carbocycles. The summed E-state index contributed by atoms with van der Waals surface area (Å²) < 4.78 is 7.41. The molecule has 0 aliphatic carbocycles. The highest BCUT2D eigenvalue weighted by atomic mass is 35.5. The lowest BCUT2D eigenvalue weighted by Crippen LogP contribution is -2.00. The largest absolute Gasteiger partial charge is 0.488 e. The fourth-order valence-electron chi connectivity index (χ4n) is 2.02. The van der Waals surface area contributed by atoms with Crippen molar-refractivity contribution in [2.24, 2.45) is 7.05 Å². The molecule has 1 aromatic heterocycles. The van der Waals surface area contributed by atoms with E-state index in [4.69, 9.17) is 16.3 Å². The molecule has 5 heteroatoms. The number of benzene rings is 1. The minimum atomic E-state index is 0.0470. The summed E-state index contributed by atoms with van der Waals surface area (Å²) in [4.78, 5) is 11.3. The summed E-state index contributed by atoms with van der Waals surface area (Å²) in [7, 11) is 1.80. The van der Waals surface area contributed by atoms with Crippen LogP contribution in [0.4, 0.5) is 0 Å². The molecule has 0 aliphatic rings. The van der Waals surface area contributed by atoms with Gasteiger partial charge in [-0.15, -0.1) is 0 Å². The molecule has 1 heterocycles. The summed E-state index contributed by atoms with van der Waals surface area (Å²) >= 11 is 6.16. The SMILES string of the molecule is CC(=O)c1ccc(OCc2c(C)nn(C)c2Cl)c(C)c1. The molecule has 4 nitrogen and oxygen atoms in total. The van der Waals surface area contributed by atoms with Crippen LogP contribution in [0.3, 0.4) is 0 Å². The maximum absolute atomic E-state index is 11.3. The van der Waals surface area contributed by atoms with E-state index in [9.17, 15) is 4.79 Å². The first-order valence-electron chi connectivity index (χ1n) is 6.32. The molecule has 0 saturated carbocycles. The summed E-state index contributed by atoms with van der Waals surface area (Å²) in [5, 5.41) is 4.83. The fourth-order valence-corrected chi connectivity index (χ4v) is 2.25. The molecule has 106 valence electrons. The number of carbonyl (C=O) groups is 1. The smallest absolute Gasteiger partial charge is 0.159 e. The Morgan fingerprint density at radius 2 is 2.10 bits per heavy atom. The lowest BCUT2D eigenvalue weighted by Gasteiger charge is -2.10. The van der Waals surface area contributed by atoms with E-state index in [1.807, 2.05) is 26.0 Å². The molecule has 0 spiro atoms. The molecule has 0 bridgehead atoms. The Labute approximate surface area is 123 Å². The second-order valence-corrected chi connectivity index (χ2v) is 5.16. The molecular formula is C15H17ClN2O2. The van der Waals surface area contributed by atoms with Crippen molar-refractivity contribution in [1.29, 1.82) is 0 Å². The average molecular weight is 293 g/mol. The van der Waals surface area contributed by atoms with Gasteiger partial charge in [0.2, 0.25) is 0 Å². The van der Waals surface area contributed by atoms with Crippen LogP contribution >= 0.6 is 11.6 Å². The summed E-state index contributed by atoms with van der Waals surface area (Å²) in [6.07, 6.45) is 0. The number of hydrogen-bond donors (Lipinski definition) is 0. The number of nitrogens with zero attached hydrogens (tertiary/aromatic N) is 2. The molecule has 0 radical (unpaired) electrons. The van der Waals surface area contributed by atoms with Crippen molar-refractivity contribution in [3.8, 4) is 5.75 Å². The van der Waals surface area contributed by atoms with Gasteiger partial charge >= 0.3 is 0 Å². The summed E-state index contributed by atoms with van der Waals surface area (Å²) in [5.74, 6) is 0.792. The van der Waals surface area contributed by atoms with Crippen LogP contribution in [0.5, 0.6) is 5.75 Å². The van der Waals surface area contributed by atoms with Crippen molar-refractivity contribution in [1.82, 2.24) is 9.78 Å². The Hall–Kier alpha value is -1.81. The van der Waals surface area contributed by atoms with Gasteiger partial charge in [0.05, 0.1) is 5.69 Å². The van der Waals surface area contributed by atoms with E-state index in [-0.39, 0.29) is 5.78 Å². The third-order valence-corrected chi connectivity index (χ3v) is 3.70. The molecule has 0 saturated heterocycles. The molecular weight excluding hydrogens is 276 g/mol. The first-order valence-corrected chi connectivity index (χ1v) is 6.70. The van der Waals surface area contributed by atoms with E-state index < -0.39 is 0 Å². The molecule has 2 rings (SSSR count). The Morgan fingerprint density at radius 1 is 1.40 bits per heavy atom. The number of carbonyl (C=O) groups excluding carboxylic acids is 1. The lowest BCUT2D eigenvalue weighted by atomic mass is 10.1. The van der Waals surface area contributed by atoms with E-state index in [1.165, 1.54) is 0 Å². The monoisotopic (exact) mass is 292 g/mol. The van der Waals surface area contributed by atoms with Crippen LogP contribution in [0, 0.1) is 13.8 Å². The predicted molar refractivity (Wildman–Crippen MR) is 78.5 cm³/mol. The average Bonchev–Trinajstić information content (AvgIpc) is 2.62. The van der Waals surface area contributed by atoms with Crippen molar-refractivity contribution in [2.75, 3.05) is 0 Å². The van der Waals surface area contributed by atoms with E-state index in [0.717, 1.165) is 22.6 Å². The molecule has 0 N–H and O–H groups in total. The first kappa shape index (κ1) is 14.6. The second kappa shape index (κ2) is 5.67. The fraction of sp³-hybridized carbons (Fsp3) is 0.333. The van der Waals surface area contributed by atoms with Crippen LogP contribution in [0.15, 0.2) is 18.2 Å². The standard InChI is InChI=1S/C15H17ClN2O2/c1-9-7-12(11(3)19)5-6-14(9)20-8-13-10(2)17-18(4)15(13)16/h5-7H,8H2,1-4H3. The maximum Gasteiger partial charge on any atom is 0.159 e. The van der Waals surface area contributed by atoms with Gasteiger partial charge in [0.25, 0.3) is 0 Å². The predicted octanol–water partition coefficient (Wildman–Crippen LogP) is 3.47. The Balaban J connectivity index is 2.17. The third-order valence-electron chi connectivity index (χ3n) is 3.22. The molecule has 0 fully saturated rings. The zero-order valence-corrected chi connectivity index (χ0v) is 12.8. The third kappa shape index (κ3) is 2.85. The number of halogens is 1. The molecule has 0 amide bonds. The van der Waals surface area contributed by atoms with Crippen molar-refractivity contribution in [3.05, 3.63) is 45.7 Å².